The van der Waals surface area contributed by atoms with Crippen LogP contribution in [0.5, 0.6) is 0 Å². The number of carbonyl (C=O) groups excluding carboxylic acids is 1. The van der Waals surface area contributed by atoms with Gasteiger partial charge in [0.1, 0.15) is 17.2 Å². The third-order valence-electron chi connectivity index (χ3n) is 8.59. The van der Waals surface area contributed by atoms with Crippen LogP contribution in [0, 0.1) is 25.6 Å². The first kappa shape index (κ1) is 31.0. The van der Waals surface area contributed by atoms with E-state index in [1.54, 1.807) is 6.07 Å². The standard InChI is InChI=1S/C33H48FN5O2/c1-22(2)29-27-13-12-26(34)21-25(27)14-15-33(29,41-32(40)35-17-20-38(5)6)16-19-39(7)18-8-9-28-36-30-23(3)10-11-24(4)31(30)37-28/h10-13,21-22,29H,8-9,14-20H2,1-7H3,(H,35,40)(H,36,37)/t29-,33-/m0/s1. The summed E-state index contributed by atoms with van der Waals surface area (Å²) in [6.45, 7) is 11.5. The normalized spacial score (nSPS) is 18.9. The molecule has 1 aliphatic rings. The van der Waals surface area contributed by atoms with Gasteiger partial charge in [-0.25, -0.2) is 14.2 Å². The van der Waals surface area contributed by atoms with Crippen LogP contribution in [0.2, 0.25) is 0 Å². The fourth-order valence-corrected chi connectivity index (χ4v) is 6.43. The van der Waals surface area contributed by atoms with Crippen LogP contribution in [0.1, 0.15) is 67.1 Å². The predicted molar refractivity (Wildman–Crippen MR) is 164 cm³/mol. The summed E-state index contributed by atoms with van der Waals surface area (Å²) in [6, 6.07) is 9.35. The van der Waals surface area contributed by atoms with Gasteiger partial charge in [-0.1, -0.05) is 32.0 Å². The van der Waals surface area contributed by atoms with Crippen molar-refractivity contribution >= 4 is 17.1 Å². The maximum atomic E-state index is 14.1. The summed E-state index contributed by atoms with van der Waals surface area (Å²) in [5.41, 5.74) is 6.07. The summed E-state index contributed by atoms with van der Waals surface area (Å²) < 4.78 is 20.5. The van der Waals surface area contributed by atoms with Crippen LogP contribution in [0.25, 0.3) is 11.0 Å². The highest BCUT2D eigenvalue weighted by Gasteiger charge is 2.47. The van der Waals surface area contributed by atoms with Gasteiger partial charge in [0.2, 0.25) is 0 Å². The zero-order valence-electron chi connectivity index (χ0n) is 25.9. The first-order valence-electron chi connectivity index (χ1n) is 15.0. The van der Waals surface area contributed by atoms with E-state index >= 15 is 0 Å². The molecule has 0 bridgehead atoms. The molecule has 0 spiro atoms. The zero-order valence-corrected chi connectivity index (χ0v) is 25.9. The quantitative estimate of drug-likeness (QED) is 0.282. The summed E-state index contributed by atoms with van der Waals surface area (Å²) in [7, 11) is 6.09. The van der Waals surface area contributed by atoms with Crippen molar-refractivity contribution in [1.29, 1.82) is 0 Å². The zero-order chi connectivity index (χ0) is 29.7. The van der Waals surface area contributed by atoms with Gasteiger partial charge in [0.25, 0.3) is 0 Å². The molecule has 0 saturated heterocycles. The number of H-pyrrole nitrogens is 1. The molecule has 0 saturated carbocycles. The molecule has 0 unspecified atom stereocenters. The van der Waals surface area contributed by atoms with E-state index in [0.717, 1.165) is 60.5 Å². The number of imidazole rings is 1. The predicted octanol–water partition coefficient (Wildman–Crippen LogP) is 5.99. The maximum absolute atomic E-state index is 14.1. The highest BCUT2D eigenvalue weighted by atomic mass is 19.1. The minimum absolute atomic E-state index is 0.0122. The van der Waals surface area contributed by atoms with Gasteiger partial charge in [-0.15, -0.1) is 0 Å². The molecule has 1 amide bonds. The number of amides is 1. The molecule has 2 N–H and O–H groups in total. The summed E-state index contributed by atoms with van der Waals surface area (Å²) in [4.78, 5) is 25.8. The molecule has 41 heavy (non-hydrogen) atoms. The number of nitrogens with one attached hydrogen (secondary N) is 2. The van der Waals surface area contributed by atoms with Crippen LogP contribution in [0.4, 0.5) is 9.18 Å². The first-order chi connectivity index (χ1) is 19.5. The van der Waals surface area contributed by atoms with Crippen molar-refractivity contribution in [3.05, 3.63) is 64.2 Å². The van der Waals surface area contributed by atoms with E-state index in [-0.39, 0.29) is 23.7 Å². The van der Waals surface area contributed by atoms with Crippen molar-refractivity contribution in [2.45, 2.75) is 71.3 Å². The number of hydrogen-bond donors (Lipinski definition) is 2. The topological polar surface area (TPSA) is 73.5 Å². The second-order valence-corrected chi connectivity index (χ2v) is 12.5. The largest absolute Gasteiger partial charge is 0.442 e. The Labute approximate surface area is 244 Å². The second-order valence-electron chi connectivity index (χ2n) is 12.5. The van der Waals surface area contributed by atoms with Gasteiger partial charge in [0.05, 0.1) is 11.0 Å². The Morgan fingerprint density at radius 2 is 1.90 bits per heavy atom. The van der Waals surface area contributed by atoms with Crippen LogP contribution in [-0.2, 0) is 17.6 Å². The molecule has 2 aromatic carbocycles. The number of aromatic nitrogens is 2. The highest BCUT2D eigenvalue weighted by Crippen LogP contribution is 2.48. The Morgan fingerprint density at radius 1 is 1.15 bits per heavy atom. The Morgan fingerprint density at radius 3 is 2.61 bits per heavy atom. The molecule has 8 heteroatoms. The van der Waals surface area contributed by atoms with Crippen molar-refractivity contribution in [2.75, 3.05) is 47.3 Å². The van der Waals surface area contributed by atoms with Crippen LogP contribution in [0.3, 0.4) is 0 Å². The molecule has 0 radical (unpaired) electrons. The van der Waals surface area contributed by atoms with Crippen LogP contribution in [0.15, 0.2) is 30.3 Å². The lowest BCUT2D eigenvalue weighted by atomic mass is 9.65. The molecular formula is C33H48FN5O2. The molecule has 1 aromatic heterocycles. The molecule has 1 heterocycles. The Balaban J connectivity index is 1.45. The van der Waals surface area contributed by atoms with Gasteiger partial charge in [0, 0.05) is 38.4 Å². The minimum atomic E-state index is -0.663. The molecule has 2 atom stereocenters. The van der Waals surface area contributed by atoms with Gasteiger partial charge < -0.3 is 24.8 Å². The number of ether oxygens (including phenoxy) is 1. The average molecular weight is 566 g/mol. The number of alkyl carbamates (subject to hydrolysis) is 1. The number of carbonyl (C=O) groups is 1. The van der Waals surface area contributed by atoms with Crippen molar-refractivity contribution < 1.29 is 13.9 Å². The number of likely N-dealkylation sites (N-methyl/N-ethyl adjacent to an activating group) is 1. The lowest BCUT2D eigenvalue weighted by molar-refractivity contribution is -0.0443. The van der Waals surface area contributed by atoms with Gasteiger partial charge >= 0.3 is 6.09 Å². The molecule has 3 aromatic rings. The third-order valence-corrected chi connectivity index (χ3v) is 8.59. The molecule has 4 rings (SSSR count). The number of benzene rings is 2. The van der Waals surface area contributed by atoms with Gasteiger partial charge in [-0.3, -0.25) is 0 Å². The molecule has 1 aliphatic carbocycles. The summed E-state index contributed by atoms with van der Waals surface area (Å²) in [5, 5.41) is 2.95. The number of aromatic amines is 1. The van der Waals surface area contributed by atoms with E-state index in [0.29, 0.717) is 25.8 Å². The van der Waals surface area contributed by atoms with Gasteiger partial charge in [0.15, 0.2) is 0 Å². The Hall–Kier alpha value is -2.97. The van der Waals surface area contributed by atoms with E-state index in [1.807, 2.05) is 25.1 Å². The molecule has 0 aliphatic heterocycles. The summed E-state index contributed by atoms with van der Waals surface area (Å²) in [6.07, 6.45) is 3.56. The number of hydrogen-bond acceptors (Lipinski definition) is 5. The minimum Gasteiger partial charge on any atom is -0.442 e. The van der Waals surface area contributed by atoms with Crippen molar-refractivity contribution in [3.63, 3.8) is 0 Å². The first-order valence-corrected chi connectivity index (χ1v) is 15.0. The van der Waals surface area contributed by atoms with Crippen LogP contribution < -0.4 is 5.32 Å². The number of fused-ring (bicyclic) bond motifs is 2. The van der Waals surface area contributed by atoms with E-state index in [4.69, 9.17) is 9.72 Å². The smallest absolute Gasteiger partial charge is 0.407 e. The third kappa shape index (κ3) is 7.46. The SMILES string of the molecule is Cc1ccc(C)c2[nH]c(CCCN(C)CC[C@@]3(OC(=O)NCCN(C)C)CCc4cc(F)ccc4[C@@H]3C(C)C)nc12. The maximum Gasteiger partial charge on any atom is 0.407 e. The molecule has 7 nitrogen and oxygen atoms in total. The van der Waals surface area contributed by atoms with Crippen molar-refractivity contribution in [3.8, 4) is 0 Å². The second kappa shape index (κ2) is 13.3. The number of halogens is 1. The Kier molecular flexibility index (Phi) is 10.1. The highest BCUT2D eigenvalue weighted by molar-refractivity contribution is 5.81. The number of nitrogens with zero attached hydrogens (tertiary/aromatic N) is 3. The average Bonchev–Trinajstić information content (AvgIpc) is 3.35. The monoisotopic (exact) mass is 565 g/mol. The number of rotatable bonds is 12. The number of aryl methyl sites for hydroxylation is 4. The molecule has 224 valence electrons. The van der Waals surface area contributed by atoms with Crippen molar-refractivity contribution in [2.24, 2.45) is 5.92 Å². The van der Waals surface area contributed by atoms with Gasteiger partial charge in [-0.2, -0.15) is 0 Å². The van der Waals surface area contributed by atoms with Crippen LogP contribution in [-0.4, -0.2) is 78.8 Å². The lowest BCUT2D eigenvalue weighted by Crippen LogP contribution is -2.50. The fraction of sp³-hybridized carbons (Fsp3) is 0.576. The van der Waals surface area contributed by atoms with Crippen molar-refractivity contribution in [1.82, 2.24) is 25.1 Å². The van der Waals surface area contributed by atoms with Gasteiger partial charge in [-0.05, 0) is 101 Å². The lowest BCUT2D eigenvalue weighted by Gasteiger charge is -2.47. The van der Waals surface area contributed by atoms with E-state index in [2.05, 4.69) is 62.1 Å². The molecule has 0 fully saturated rings. The van der Waals surface area contributed by atoms with E-state index in [9.17, 15) is 9.18 Å². The fourth-order valence-electron chi connectivity index (χ4n) is 6.43. The summed E-state index contributed by atoms with van der Waals surface area (Å²) >= 11 is 0. The summed E-state index contributed by atoms with van der Waals surface area (Å²) in [5.74, 6) is 1.02. The van der Waals surface area contributed by atoms with Crippen LogP contribution >= 0.6 is 0 Å². The Bertz CT molecular complexity index is 1300. The molecular weight excluding hydrogens is 517 g/mol. The van der Waals surface area contributed by atoms with E-state index in [1.165, 1.54) is 17.2 Å². The van der Waals surface area contributed by atoms with E-state index < -0.39 is 5.60 Å².